The van der Waals surface area contributed by atoms with Gasteiger partial charge in [-0.15, -0.1) is 0 Å². The minimum absolute atomic E-state index is 0.0447. The Hall–Kier alpha value is -2.82. The zero-order chi connectivity index (χ0) is 22.0. The number of aryl methyl sites for hydroxylation is 2. The molecule has 0 aromatic heterocycles. The number of benzene rings is 2. The van der Waals surface area contributed by atoms with E-state index >= 15 is 0 Å². The molecule has 0 bridgehead atoms. The molecule has 3 rings (SSSR count). The van der Waals surface area contributed by atoms with E-state index in [1.165, 1.54) is 5.56 Å². The predicted octanol–water partition coefficient (Wildman–Crippen LogP) is 5.83. The number of nitrogens with zero attached hydrogens (tertiary/aromatic N) is 2. The molecule has 0 N–H and O–H groups in total. The lowest BCUT2D eigenvalue weighted by molar-refractivity contribution is 0.0981. The molecule has 0 saturated heterocycles. The van der Waals surface area contributed by atoms with E-state index in [1.807, 2.05) is 62.1 Å². The van der Waals surface area contributed by atoms with Crippen molar-refractivity contribution < 1.29 is 14.3 Å². The number of amides is 2. The molecule has 0 fully saturated rings. The first-order chi connectivity index (χ1) is 14.3. The first-order valence-electron chi connectivity index (χ1n) is 10.8. The lowest BCUT2D eigenvalue weighted by Crippen LogP contribution is -2.53. The van der Waals surface area contributed by atoms with Crippen LogP contribution in [0.2, 0.25) is 0 Å². The monoisotopic (exact) mass is 408 g/mol. The van der Waals surface area contributed by atoms with Gasteiger partial charge in [-0.05, 0) is 74.1 Å². The summed E-state index contributed by atoms with van der Waals surface area (Å²) in [7, 11) is 0. The van der Waals surface area contributed by atoms with Gasteiger partial charge < -0.3 is 9.64 Å². The van der Waals surface area contributed by atoms with Crippen molar-refractivity contribution in [3.63, 3.8) is 0 Å². The molecule has 1 atom stereocenters. The van der Waals surface area contributed by atoms with Crippen LogP contribution in [-0.2, 0) is 4.74 Å². The third kappa shape index (κ3) is 4.07. The van der Waals surface area contributed by atoms with Crippen LogP contribution in [0.4, 0.5) is 16.2 Å². The number of hydrogen-bond acceptors (Lipinski definition) is 3. The fourth-order valence-electron chi connectivity index (χ4n) is 3.89. The summed E-state index contributed by atoms with van der Waals surface area (Å²) in [5.74, 6) is 0.370. The van der Waals surface area contributed by atoms with Gasteiger partial charge in [-0.2, -0.15) is 0 Å². The molecule has 2 aromatic rings. The lowest BCUT2D eigenvalue weighted by Gasteiger charge is -2.42. The average Bonchev–Trinajstić information content (AvgIpc) is 2.73. The molecule has 5 heteroatoms. The van der Waals surface area contributed by atoms with Gasteiger partial charge in [0.05, 0.1) is 24.0 Å². The Morgan fingerprint density at radius 1 is 1.03 bits per heavy atom. The van der Waals surface area contributed by atoms with Crippen LogP contribution >= 0.6 is 0 Å². The first kappa shape index (κ1) is 21.9. The third-order valence-corrected chi connectivity index (χ3v) is 5.90. The molecule has 30 heavy (non-hydrogen) atoms. The largest absolute Gasteiger partial charge is 0.449 e. The van der Waals surface area contributed by atoms with Gasteiger partial charge in [0.15, 0.2) is 0 Å². The van der Waals surface area contributed by atoms with Crippen LogP contribution in [0.25, 0.3) is 0 Å². The number of hydrogen-bond donors (Lipinski definition) is 0. The normalized spacial score (nSPS) is 15.9. The van der Waals surface area contributed by atoms with Crippen LogP contribution in [-0.4, -0.2) is 31.2 Å². The SMILES string of the molecule is CCOC(=O)N1c2cc(C)c(C)cc2N(C(=O)c2ccc(C(C)C)cc2)CC1CC. The van der Waals surface area contributed by atoms with Crippen molar-refractivity contribution >= 4 is 23.4 Å². The van der Waals surface area contributed by atoms with Crippen molar-refractivity contribution in [2.45, 2.75) is 59.9 Å². The molecule has 0 radical (unpaired) electrons. The number of anilines is 2. The van der Waals surface area contributed by atoms with Crippen LogP contribution in [0, 0.1) is 13.8 Å². The van der Waals surface area contributed by atoms with E-state index in [0.29, 0.717) is 24.6 Å². The van der Waals surface area contributed by atoms with E-state index in [2.05, 4.69) is 13.8 Å². The van der Waals surface area contributed by atoms with E-state index in [1.54, 1.807) is 11.8 Å². The van der Waals surface area contributed by atoms with Crippen LogP contribution in [0.1, 0.15) is 67.1 Å². The number of carbonyl (C=O) groups is 2. The molecule has 0 saturated carbocycles. The Balaban J connectivity index is 2.07. The standard InChI is InChI=1S/C25H32N2O3/c1-7-21-15-26(24(28)20-11-9-19(10-12-20)16(3)4)22-13-17(5)18(6)14-23(22)27(21)25(29)30-8-2/h9-14,16,21H,7-8,15H2,1-6H3. The molecule has 2 amide bonds. The highest BCUT2D eigenvalue weighted by Crippen LogP contribution is 2.39. The van der Waals surface area contributed by atoms with Gasteiger partial charge in [-0.3, -0.25) is 9.69 Å². The molecule has 1 aliphatic rings. The smallest absolute Gasteiger partial charge is 0.414 e. The Kier molecular flexibility index (Phi) is 6.49. The Morgan fingerprint density at radius 3 is 2.17 bits per heavy atom. The first-order valence-corrected chi connectivity index (χ1v) is 10.8. The van der Waals surface area contributed by atoms with Crippen molar-refractivity contribution in [3.05, 3.63) is 58.7 Å². The zero-order valence-electron chi connectivity index (χ0n) is 18.9. The highest BCUT2D eigenvalue weighted by Gasteiger charge is 2.37. The molecule has 0 aliphatic carbocycles. The van der Waals surface area contributed by atoms with Crippen molar-refractivity contribution in [3.8, 4) is 0 Å². The van der Waals surface area contributed by atoms with Crippen LogP contribution < -0.4 is 9.80 Å². The summed E-state index contributed by atoms with van der Waals surface area (Å²) in [5, 5.41) is 0. The number of carbonyl (C=O) groups excluding carboxylic acids is 2. The van der Waals surface area contributed by atoms with E-state index < -0.39 is 0 Å². The van der Waals surface area contributed by atoms with E-state index in [4.69, 9.17) is 4.74 Å². The summed E-state index contributed by atoms with van der Waals surface area (Å²) in [4.78, 5) is 29.8. The van der Waals surface area contributed by atoms with Gasteiger partial charge >= 0.3 is 6.09 Å². The predicted molar refractivity (Wildman–Crippen MR) is 122 cm³/mol. The number of rotatable bonds is 4. The van der Waals surface area contributed by atoms with Gasteiger partial charge in [0, 0.05) is 12.1 Å². The summed E-state index contributed by atoms with van der Waals surface area (Å²) in [6, 6.07) is 11.7. The van der Waals surface area contributed by atoms with E-state index in [9.17, 15) is 9.59 Å². The topological polar surface area (TPSA) is 49.9 Å². The quantitative estimate of drug-likeness (QED) is 0.640. The second-order valence-electron chi connectivity index (χ2n) is 8.25. The number of ether oxygens (including phenoxy) is 1. The fourth-order valence-corrected chi connectivity index (χ4v) is 3.89. The summed E-state index contributed by atoms with van der Waals surface area (Å²) in [5.41, 5.74) is 5.52. The summed E-state index contributed by atoms with van der Waals surface area (Å²) in [6.07, 6.45) is 0.364. The maximum Gasteiger partial charge on any atom is 0.414 e. The van der Waals surface area contributed by atoms with E-state index in [-0.39, 0.29) is 18.0 Å². The van der Waals surface area contributed by atoms with Gasteiger partial charge in [0.1, 0.15) is 0 Å². The van der Waals surface area contributed by atoms with Crippen molar-refractivity contribution in [2.24, 2.45) is 0 Å². The maximum atomic E-state index is 13.5. The molecule has 1 aliphatic heterocycles. The summed E-state index contributed by atoms with van der Waals surface area (Å²) >= 11 is 0. The fraction of sp³-hybridized carbons (Fsp3) is 0.440. The molecular formula is C25H32N2O3. The summed E-state index contributed by atoms with van der Waals surface area (Å²) in [6.45, 7) is 12.9. The maximum absolute atomic E-state index is 13.5. The van der Waals surface area contributed by atoms with Gasteiger partial charge in [-0.25, -0.2) is 4.79 Å². The molecule has 5 nitrogen and oxygen atoms in total. The molecule has 1 unspecified atom stereocenters. The van der Waals surface area contributed by atoms with Crippen LogP contribution in [0.5, 0.6) is 0 Å². The average molecular weight is 409 g/mol. The molecule has 1 heterocycles. The Labute approximate surface area is 179 Å². The molecule has 0 spiro atoms. The third-order valence-electron chi connectivity index (χ3n) is 5.90. The van der Waals surface area contributed by atoms with Crippen LogP contribution in [0.15, 0.2) is 36.4 Å². The van der Waals surface area contributed by atoms with Crippen LogP contribution in [0.3, 0.4) is 0 Å². The highest BCUT2D eigenvalue weighted by molar-refractivity contribution is 6.10. The van der Waals surface area contributed by atoms with Crippen molar-refractivity contribution in [2.75, 3.05) is 23.0 Å². The van der Waals surface area contributed by atoms with E-state index in [0.717, 1.165) is 28.9 Å². The Bertz CT molecular complexity index is 934. The molecule has 160 valence electrons. The van der Waals surface area contributed by atoms with Crippen molar-refractivity contribution in [1.29, 1.82) is 0 Å². The second-order valence-corrected chi connectivity index (χ2v) is 8.25. The minimum Gasteiger partial charge on any atom is -0.449 e. The van der Waals surface area contributed by atoms with Gasteiger partial charge in [0.2, 0.25) is 0 Å². The Morgan fingerprint density at radius 2 is 1.63 bits per heavy atom. The summed E-state index contributed by atoms with van der Waals surface area (Å²) < 4.78 is 5.34. The zero-order valence-corrected chi connectivity index (χ0v) is 18.9. The molecule has 2 aromatic carbocycles. The number of fused-ring (bicyclic) bond motifs is 1. The highest BCUT2D eigenvalue weighted by atomic mass is 16.6. The second kappa shape index (κ2) is 8.90. The minimum atomic E-state index is -0.359. The van der Waals surface area contributed by atoms with Crippen molar-refractivity contribution in [1.82, 2.24) is 0 Å². The van der Waals surface area contributed by atoms with Gasteiger partial charge in [-0.1, -0.05) is 32.9 Å². The lowest BCUT2D eigenvalue weighted by atomic mass is 9.98. The van der Waals surface area contributed by atoms with Gasteiger partial charge in [0.25, 0.3) is 5.91 Å². The molecular weight excluding hydrogens is 376 g/mol.